The molecule has 2 saturated carbocycles. The first-order valence-corrected chi connectivity index (χ1v) is 6.80. The minimum absolute atomic E-state index is 0.887. The zero-order valence-corrected chi connectivity index (χ0v) is 10.2. The maximum absolute atomic E-state index is 3.58. The van der Waals surface area contributed by atoms with Crippen molar-refractivity contribution in [2.75, 3.05) is 20.1 Å². The second-order valence-electron chi connectivity index (χ2n) is 5.35. The Morgan fingerprint density at radius 2 is 1.80 bits per heavy atom. The lowest BCUT2D eigenvalue weighted by Crippen LogP contribution is -2.30. The summed E-state index contributed by atoms with van der Waals surface area (Å²) in [5.74, 6) is 0. The molecule has 0 amide bonds. The molecule has 15 heavy (non-hydrogen) atoms. The molecule has 0 atom stereocenters. The van der Waals surface area contributed by atoms with E-state index in [1.54, 1.807) is 0 Å². The fourth-order valence-corrected chi connectivity index (χ4v) is 2.61. The zero-order valence-electron chi connectivity index (χ0n) is 10.2. The van der Waals surface area contributed by atoms with Crippen molar-refractivity contribution in [3.63, 3.8) is 0 Å². The number of rotatable bonds is 7. The summed E-state index contributed by atoms with van der Waals surface area (Å²) in [6.07, 6.45) is 11.4. The van der Waals surface area contributed by atoms with Crippen LogP contribution in [0.2, 0.25) is 0 Å². The van der Waals surface area contributed by atoms with E-state index in [4.69, 9.17) is 0 Å². The fraction of sp³-hybridized carbons (Fsp3) is 1.00. The Kier molecular flexibility index (Phi) is 4.45. The maximum Gasteiger partial charge on any atom is 0.00922 e. The highest BCUT2D eigenvalue weighted by Gasteiger charge is 2.20. The van der Waals surface area contributed by atoms with Gasteiger partial charge in [-0.15, -0.1) is 0 Å². The third kappa shape index (κ3) is 4.12. The Labute approximate surface area is 94.4 Å². The van der Waals surface area contributed by atoms with Crippen molar-refractivity contribution in [3.8, 4) is 0 Å². The van der Waals surface area contributed by atoms with E-state index in [-0.39, 0.29) is 0 Å². The standard InChI is InChI=1S/C13H26N2/c1-15(13-6-2-3-7-13)11-5-4-10-14-12-8-9-12/h12-14H,2-11H2,1H3. The number of nitrogens with zero attached hydrogens (tertiary/aromatic N) is 1. The van der Waals surface area contributed by atoms with Crippen LogP contribution in [0.15, 0.2) is 0 Å². The van der Waals surface area contributed by atoms with Gasteiger partial charge in [0.1, 0.15) is 0 Å². The van der Waals surface area contributed by atoms with Crippen LogP contribution in [0.1, 0.15) is 51.4 Å². The molecular formula is C13H26N2. The van der Waals surface area contributed by atoms with Crippen LogP contribution in [0, 0.1) is 0 Å². The number of hydrogen-bond acceptors (Lipinski definition) is 2. The lowest BCUT2D eigenvalue weighted by atomic mass is 10.2. The molecule has 0 bridgehead atoms. The Bertz CT molecular complexity index is 171. The van der Waals surface area contributed by atoms with Gasteiger partial charge < -0.3 is 10.2 Å². The highest BCUT2D eigenvalue weighted by molar-refractivity contribution is 4.80. The van der Waals surface area contributed by atoms with E-state index in [1.807, 2.05) is 0 Å². The molecule has 0 aromatic heterocycles. The molecule has 0 unspecified atom stereocenters. The molecule has 0 aromatic rings. The molecule has 2 heteroatoms. The predicted molar refractivity (Wildman–Crippen MR) is 65.1 cm³/mol. The summed E-state index contributed by atoms with van der Waals surface area (Å²) in [5, 5.41) is 3.58. The molecule has 0 aromatic carbocycles. The van der Waals surface area contributed by atoms with Gasteiger partial charge in [0.05, 0.1) is 0 Å². The summed E-state index contributed by atoms with van der Waals surface area (Å²) < 4.78 is 0. The first kappa shape index (κ1) is 11.4. The molecule has 0 heterocycles. The van der Waals surface area contributed by atoms with Gasteiger partial charge in [0.15, 0.2) is 0 Å². The summed E-state index contributed by atoms with van der Waals surface area (Å²) in [5.41, 5.74) is 0. The highest BCUT2D eigenvalue weighted by atomic mass is 15.1. The van der Waals surface area contributed by atoms with Crippen LogP contribution in [0.3, 0.4) is 0 Å². The molecule has 2 rings (SSSR count). The highest BCUT2D eigenvalue weighted by Crippen LogP contribution is 2.22. The molecular weight excluding hydrogens is 184 g/mol. The smallest absolute Gasteiger partial charge is 0.00922 e. The third-order valence-corrected chi connectivity index (χ3v) is 3.90. The van der Waals surface area contributed by atoms with Crippen LogP contribution in [0.25, 0.3) is 0 Å². The van der Waals surface area contributed by atoms with Crippen molar-refractivity contribution in [2.45, 2.75) is 63.5 Å². The van der Waals surface area contributed by atoms with Gasteiger partial charge >= 0.3 is 0 Å². The molecule has 1 N–H and O–H groups in total. The lowest BCUT2D eigenvalue weighted by Gasteiger charge is -2.23. The van der Waals surface area contributed by atoms with Crippen LogP contribution in [0.4, 0.5) is 0 Å². The van der Waals surface area contributed by atoms with Crippen LogP contribution < -0.4 is 5.32 Å². The van der Waals surface area contributed by atoms with Crippen molar-refractivity contribution in [1.82, 2.24) is 10.2 Å². The van der Waals surface area contributed by atoms with Crippen LogP contribution in [-0.2, 0) is 0 Å². The molecule has 2 aliphatic rings. The summed E-state index contributed by atoms with van der Waals surface area (Å²) in [6.45, 7) is 2.54. The summed E-state index contributed by atoms with van der Waals surface area (Å²) in [4.78, 5) is 2.59. The second kappa shape index (κ2) is 5.86. The van der Waals surface area contributed by atoms with E-state index in [0.717, 1.165) is 12.1 Å². The molecule has 2 fully saturated rings. The second-order valence-corrected chi connectivity index (χ2v) is 5.35. The number of hydrogen-bond donors (Lipinski definition) is 1. The van der Waals surface area contributed by atoms with E-state index in [0.29, 0.717) is 0 Å². The van der Waals surface area contributed by atoms with Gasteiger partial charge in [-0.05, 0) is 58.7 Å². The van der Waals surface area contributed by atoms with Gasteiger partial charge in [0, 0.05) is 12.1 Å². The number of unbranched alkanes of at least 4 members (excludes halogenated alkanes) is 1. The van der Waals surface area contributed by atoms with Crippen LogP contribution in [0.5, 0.6) is 0 Å². The first-order chi connectivity index (χ1) is 7.36. The topological polar surface area (TPSA) is 15.3 Å². The maximum atomic E-state index is 3.58. The van der Waals surface area contributed by atoms with Crippen molar-refractivity contribution in [3.05, 3.63) is 0 Å². The minimum atomic E-state index is 0.887. The van der Waals surface area contributed by atoms with Gasteiger partial charge in [-0.1, -0.05) is 12.8 Å². The van der Waals surface area contributed by atoms with Gasteiger partial charge in [-0.3, -0.25) is 0 Å². The van der Waals surface area contributed by atoms with Crippen molar-refractivity contribution >= 4 is 0 Å². The summed E-state index contributed by atoms with van der Waals surface area (Å²) in [7, 11) is 2.31. The van der Waals surface area contributed by atoms with Crippen molar-refractivity contribution < 1.29 is 0 Å². The molecule has 88 valence electrons. The van der Waals surface area contributed by atoms with Crippen LogP contribution >= 0.6 is 0 Å². The summed E-state index contributed by atoms with van der Waals surface area (Å²) >= 11 is 0. The first-order valence-electron chi connectivity index (χ1n) is 6.80. The lowest BCUT2D eigenvalue weighted by molar-refractivity contribution is 0.240. The molecule has 2 nitrogen and oxygen atoms in total. The van der Waals surface area contributed by atoms with Gasteiger partial charge in [-0.25, -0.2) is 0 Å². The van der Waals surface area contributed by atoms with Gasteiger partial charge in [0.25, 0.3) is 0 Å². The third-order valence-electron chi connectivity index (χ3n) is 3.90. The predicted octanol–water partition coefficient (Wildman–Crippen LogP) is 2.39. The monoisotopic (exact) mass is 210 g/mol. The zero-order chi connectivity index (χ0) is 10.5. The normalized spacial score (nSPS) is 22.8. The van der Waals surface area contributed by atoms with E-state index >= 15 is 0 Å². The molecule has 0 saturated heterocycles. The SMILES string of the molecule is CN(CCCCNC1CC1)C1CCCC1. The van der Waals surface area contributed by atoms with E-state index in [9.17, 15) is 0 Å². The quantitative estimate of drug-likeness (QED) is 0.649. The Morgan fingerprint density at radius 3 is 2.47 bits per heavy atom. The molecule has 0 radical (unpaired) electrons. The van der Waals surface area contributed by atoms with Gasteiger partial charge in [-0.2, -0.15) is 0 Å². The number of nitrogens with one attached hydrogen (secondary N) is 1. The van der Waals surface area contributed by atoms with Gasteiger partial charge in [0.2, 0.25) is 0 Å². The fourth-order valence-electron chi connectivity index (χ4n) is 2.61. The largest absolute Gasteiger partial charge is 0.314 e. The van der Waals surface area contributed by atoms with Crippen molar-refractivity contribution in [2.24, 2.45) is 0 Å². The molecule has 0 spiro atoms. The minimum Gasteiger partial charge on any atom is -0.314 e. The van der Waals surface area contributed by atoms with E-state index < -0.39 is 0 Å². The Morgan fingerprint density at radius 1 is 1.07 bits per heavy atom. The average Bonchev–Trinajstić information content (AvgIpc) is 2.90. The Balaban J connectivity index is 1.45. The van der Waals surface area contributed by atoms with E-state index in [2.05, 4.69) is 17.3 Å². The molecule has 2 aliphatic carbocycles. The van der Waals surface area contributed by atoms with Crippen molar-refractivity contribution in [1.29, 1.82) is 0 Å². The van der Waals surface area contributed by atoms with Crippen LogP contribution in [-0.4, -0.2) is 37.1 Å². The average molecular weight is 210 g/mol. The van der Waals surface area contributed by atoms with E-state index in [1.165, 1.54) is 64.5 Å². The summed E-state index contributed by atoms with van der Waals surface area (Å²) in [6, 6.07) is 1.79. The Hall–Kier alpha value is -0.0800. The molecule has 0 aliphatic heterocycles.